The number of aromatic nitrogens is 1. The first-order valence-corrected chi connectivity index (χ1v) is 10.3. The minimum Gasteiger partial charge on any atom is -0.314 e. The molecule has 6 heteroatoms. The molecule has 1 aliphatic rings. The van der Waals surface area contributed by atoms with Gasteiger partial charge in [0.1, 0.15) is 0 Å². The van der Waals surface area contributed by atoms with E-state index in [4.69, 9.17) is 0 Å². The third-order valence-corrected chi connectivity index (χ3v) is 6.62. The van der Waals surface area contributed by atoms with Crippen molar-refractivity contribution in [1.29, 1.82) is 0 Å². The molecule has 0 spiro atoms. The zero-order valence-corrected chi connectivity index (χ0v) is 15.7. The van der Waals surface area contributed by atoms with Crippen molar-refractivity contribution in [2.24, 2.45) is 0 Å². The Balaban J connectivity index is 1.74. The van der Waals surface area contributed by atoms with Crippen molar-refractivity contribution in [3.63, 3.8) is 0 Å². The number of nitrogens with one attached hydrogen (secondary N) is 1. The minimum atomic E-state index is -3.60. The molecule has 2 heterocycles. The lowest BCUT2D eigenvalue weighted by molar-refractivity contribution is 0.234. The molecule has 0 unspecified atom stereocenters. The van der Waals surface area contributed by atoms with Crippen molar-refractivity contribution < 1.29 is 8.42 Å². The second-order valence-corrected chi connectivity index (χ2v) is 8.62. The Morgan fingerprint density at radius 3 is 2.58 bits per heavy atom. The summed E-state index contributed by atoms with van der Waals surface area (Å²) in [6.07, 6.45) is 1.67. The molecule has 4 rings (SSSR count). The Hall–Kier alpha value is -2.15. The highest BCUT2D eigenvalue weighted by atomic mass is 32.2. The molecule has 1 N–H and O–H groups in total. The maximum absolute atomic E-state index is 13.1. The Labute approximate surface area is 154 Å². The first kappa shape index (κ1) is 17.3. The van der Waals surface area contributed by atoms with Crippen LogP contribution in [0.3, 0.4) is 0 Å². The van der Waals surface area contributed by atoms with Crippen molar-refractivity contribution in [3.05, 3.63) is 65.9 Å². The topological polar surface area (TPSA) is 54.3 Å². The molecule has 2 aromatic carbocycles. The monoisotopic (exact) mass is 369 g/mol. The molecule has 0 bridgehead atoms. The summed E-state index contributed by atoms with van der Waals surface area (Å²) >= 11 is 0. The highest BCUT2D eigenvalue weighted by Gasteiger charge is 2.20. The molecular weight excluding hydrogens is 346 g/mol. The van der Waals surface area contributed by atoms with Gasteiger partial charge in [-0.1, -0.05) is 24.3 Å². The van der Waals surface area contributed by atoms with Gasteiger partial charge in [0, 0.05) is 44.3 Å². The van der Waals surface area contributed by atoms with E-state index in [-0.39, 0.29) is 0 Å². The maximum atomic E-state index is 13.1. The van der Waals surface area contributed by atoms with Gasteiger partial charge in [-0.2, -0.15) is 0 Å². The quantitative estimate of drug-likeness (QED) is 0.768. The summed E-state index contributed by atoms with van der Waals surface area (Å²) in [6.45, 7) is 6.76. The zero-order chi connectivity index (χ0) is 18.1. The lowest BCUT2D eigenvalue weighted by atomic mass is 10.1. The molecule has 136 valence electrons. The van der Waals surface area contributed by atoms with E-state index >= 15 is 0 Å². The number of aryl methyl sites for hydroxylation is 1. The number of fused-ring (bicyclic) bond motifs is 1. The molecule has 1 saturated heterocycles. The van der Waals surface area contributed by atoms with Crippen molar-refractivity contribution in [2.75, 3.05) is 26.2 Å². The number of piperazine rings is 1. The van der Waals surface area contributed by atoms with Gasteiger partial charge in [0.15, 0.2) is 0 Å². The Morgan fingerprint density at radius 2 is 1.81 bits per heavy atom. The predicted octanol–water partition coefficient (Wildman–Crippen LogP) is 2.59. The largest absolute Gasteiger partial charge is 0.314 e. The third-order valence-electron chi connectivity index (χ3n) is 4.94. The number of rotatable bonds is 4. The number of hydrogen-bond acceptors (Lipinski definition) is 4. The van der Waals surface area contributed by atoms with Crippen molar-refractivity contribution in [2.45, 2.75) is 18.4 Å². The predicted molar refractivity (Wildman–Crippen MR) is 104 cm³/mol. The lowest BCUT2D eigenvalue weighted by Crippen LogP contribution is -2.42. The van der Waals surface area contributed by atoms with Gasteiger partial charge in [0.25, 0.3) is 10.0 Å². The van der Waals surface area contributed by atoms with Gasteiger partial charge in [0.05, 0.1) is 10.4 Å². The summed E-state index contributed by atoms with van der Waals surface area (Å²) in [5.74, 6) is 0. The van der Waals surface area contributed by atoms with Crippen molar-refractivity contribution in [3.8, 4) is 0 Å². The standard InChI is InChI=1S/C20H23N3O2S/c1-16-4-2-6-18(14-16)26(24,25)23-11-8-19-17(5-3-7-20(19)23)15-22-12-9-21-10-13-22/h2-8,11,14,21H,9-10,12-13,15H2,1H3. The van der Waals surface area contributed by atoms with E-state index in [0.29, 0.717) is 4.90 Å². The van der Waals surface area contributed by atoms with E-state index in [1.54, 1.807) is 24.4 Å². The molecule has 1 aromatic heterocycles. The van der Waals surface area contributed by atoms with Gasteiger partial charge in [-0.3, -0.25) is 4.90 Å². The summed E-state index contributed by atoms with van der Waals surface area (Å²) in [7, 11) is -3.60. The van der Waals surface area contributed by atoms with Crippen LogP contribution >= 0.6 is 0 Å². The van der Waals surface area contributed by atoms with Crippen LogP contribution in [0.5, 0.6) is 0 Å². The fourth-order valence-corrected chi connectivity index (χ4v) is 5.01. The Morgan fingerprint density at radius 1 is 1.04 bits per heavy atom. The normalized spacial score (nSPS) is 16.2. The van der Waals surface area contributed by atoms with Gasteiger partial charge in [-0.25, -0.2) is 12.4 Å². The SMILES string of the molecule is Cc1cccc(S(=O)(=O)n2ccc3c(CN4CCNCC4)cccc32)c1. The summed E-state index contributed by atoms with van der Waals surface area (Å²) in [6, 6.07) is 14.9. The van der Waals surface area contributed by atoms with E-state index in [0.717, 1.165) is 49.2 Å². The first-order chi connectivity index (χ1) is 12.6. The van der Waals surface area contributed by atoms with Crippen molar-refractivity contribution in [1.82, 2.24) is 14.2 Å². The van der Waals surface area contributed by atoms with Crippen LogP contribution in [0.15, 0.2) is 59.6 Å². The second-order valence-electron chi connectivity index (χ2n) is 6.81. The minimum absolute atomic E-state index is 0.322. The number of benzene rings is 2. The lowest BCUT2D eigenvalue weighted by Gasteiger charge is -2.27. The van der Waals surface area contributed by atoms with Gasteiger partial charge in [-0.05, 0) is 42.3 Å². The van der Waals surface area contributed by atoms with Crippen LogP contribution in [-0.4, -0.2) is 43.5 Å². The maximum Gasteiger partial charge on any atom is 0.268 e. The number of hydrogen-bond donors (Lipinski definition) is 1. The van der Waals surface area contributed by atoms with Crippen LogP contribution in [0.1, 0.15) is 11.1 Å². The molecule has 1 aliphatic heterocycles. The molecule has 0 radical (unpaired) electrons. The summed E-state index contributed by atoms with van der Waals surface area (Å²) < 4.78 is 27.6. The van der Waals surface area contributed by atoms with Crippen LogP contribution < -0.4 is 5.32 Å². The summed E-state index contributed by atoms with van der Waals surface area (Å²) in [4.78, 5) is 2.72. The highest BCUT2D eigenvalue weighted by Crippen LogP contribution is 2.26. The number of nitrogens with zero attached hydrogens (tertiary/aromatic N) is 2. The highest BCUT2D eigenvalue weighted by molar-refractivity contribution is 7.90. The van der Waals surface area contributed by atoms with E-state index in [1.165, 1.54) is 9.54 Å². The first-order valence-electron chi connectivity index (χ1n) is 8.90. The van der Waals surface area contributed by atoms with Crippen LogP contribution in [0.25, 0.3) is 10.9 Å². The van der Waals surface area contributed by atoms with Gasteiger partial charge < -0.3 is 5.32 Å². The van der Waals surface area contributed by atoms with Crippen LogP contribution in [-0.2, 0) is 16.6 Å². The molecule has 1 fully saturated rings. The fraction of sp³-hybridized carbons (Fsp3) is 0.300. The Bertz CT molecular complexity index is 1030. The smallest absolute Gasteiger partial charge is 0.268 e. The molecule has 0 aliphatic carbocycles. The fourth-order valence-electron chi connectivity index (χ4n) is 3.55. The van der Waals surface area contributed by atoms with E-state index in [1.807, 2.05) is 31.2 Å². The molecule has 0 amide bonds. The second kappa shape index (κ2) is 6.87. The summed E-state index contributed by atoms with van der Waals surface area (Å²) in [5, 5.41) is 4.36. The van der Waals surface area contributed by atoms with E-state index in [9.17, 15) is 8.42 Å². The Kier molecular flexibility index (Phi) is 4.56. The van der Waals surface area contributed by atoms with Crippen LogP contribution in [0, 0.1) is 6.92 Å². The van der Waals surface area contributed by atoms with Crippen LogP contribution in [0.4, 0.5) is 0 Å². The molecule has 0 atom stereocenters. The molecule has 5 nitrogen and oxygen atoms in total. The van der Waals surface area contributed by atoms with Crippen molar-refractivity contribution >= 4 is 20.9 Å². The van der Waals surface area contributed by atoms with Gasteiger partial charge in [0.2, 0.25) is 0 Å². The van der Waals surface area contributed by atoms with E-state index in [2.05, 4.69) is 16.3 Å². The van der Waals surface area contributed by atoms with E-state index < -0.39 is 10.0 Å². The third kappa shape index (κ3) is 3.16. The molecule has 26 heavy (non-hydrogen) atoms. The average molecular weight is 369 g/mol. The molecule has 3 aromatic rings. The van der Waals surface area contributed by atoms with Gasteiger partial charge in [-0.15, -0.1) is 0 Å². The molecular formula is C20H23N3O2S. The van der Waals surface area contributed by atoms with Crippen LogP contribution in [0.2, 0.25) is 0 Å². The zero-order valence-electron chi connectivity index (χ0n) is 14.9. The average Bonchev–Trinajstić information content (AvgIpc) is 3.09. The van der Waals surface area contributed by atoms with Gasteiger partial charge >= 0.3 is 0 Å². The molecule has 0 saturated carbocycles. The summed E-state index contributed by atoms with van der Waals surface area (Å²) in [5.41, 5.74) is 2.84.